The second-order valence-electron chi connectivity index (χ2n) is 4.11. The Morgan fingerprint density at radius 2 is 2.35 bits per heavy atom. The van der Waals surface area contributed by atoms with E-state index in [2.05, 4.69) is 0 Å². The highest BCUT2D eigenvalue weighted by Crippen LogP contribution is 2.29. The number of halogens is 1. The summed E-state index contributed by atoms with van der Waals surface area (Å²) in [6.45, 7) is 2.86. The molecule has 1 aliphatic rings. The zero-order valence-electron chi connectivity index (χ0n) is 9.65. The molecule has 0 aromatic heterocycles. The normalized spacial score (nSPS) is 19.6. The van der Waals surface area contributed by atoms with Crippen LogP contribution in [-0.2, 0) is 4.74 Å². The predicted molar refractivity (Wildman–Crippen MR) is 67.5 cm³/mol. The van der Waals surface area contributed by atoms with Gasteiger partial charge in [-0.15, -0.1) is 0 Å². The molecule has 2 rings (SSSR count). The van der Waals surface area contributed by atoms with E-state index in [1.807, 2.05) is 19.1 Å². The van der Waals surface area contributed by atoms with Crippen molar-refractivity contribution in [3.05, 3.63) is 28.8 Å². The molecule has 4 nitrogen and oxygen atoms in total. The van der Waals surface area contributed by atoms with E-state index >= 15 is 0 Å². The molecule has 0 saturated carbocycles. The van der Waals surface area contributed by atoms with Crippen molar-refractivity contribution >= 4 is 23.4 Å². The summed E-state index contributed by atoms with van der Waals surface area (Å²) in [4.78, 5) is 13.4. The first kappa shape index (κ1) is 12.2. The van der Waals surface area contributed by atoms with E-state index in [1.54, 1.807) is 11.0 Å². The SMILES string of the molecule is Cc1cc(Cl)ccc1N1C(=O)OCC1CCN. The average Bonchev–Trinajstić information content (AvgIpc) is 2.62. The molecule has 1 aromatic carbocycles. The molecule has 0 spiro atoms. The van der Waals surface area contributed by atoms with Crippen LogP contribution in [-0.4, -0.2) is 25.3 Å². The highest BCUT2D eigenvalue weighted by Gasteiger charge is 2.34. The fourth-order valence-corrected chi connectivity index (χ4v) is 2.28. The summed E-state index contributed by atoms with van der Waals surface area (Å²) in [7, 11) is 0. The molecule has 0 radical (unpaired) electrons. The number of ether oxygens (including phenoxy) is 1. The van der Waals surface area contributed by atoms with Gasteiger partial charge in [0.1, 0.15) is 6.61 Å². The highest BCUT2D eigenvalue weighted by atomic mass is 35.5. The lowest BCUT2D eigenvalue weighted by Gasteiger charge is -2.22. The van der Waals surface area contributed by atoms with Gasteiger partial charge in [0.15, 0.2) is 0 Å². The molecule has 1 heterocycles. The minimum absolute atomic E-state index is 0.0207. The summed E-state index contributed by atoms with van der Waals surface area (Å²) in [6, 6.07) is 5.47. The van der Waals surface area contributed by atoms with Crippen LogP contribution in [0.2, 0.25) is 5.02 Å². The Balaban J connectivity index is 2.32. The number of nitrogens with two attached hydrogens (primary N) is 1. The van der Waals surface area contributed by atoms with Gasteiger partial charge in [0, 0.05) is 5.02 Å². The van der Waals surface area contributed by atoms with Crippen LogP contribution in [0.5, 0.6) is 0 Å². The van der Waals surface area contributed by atoms with Crippen LogP contribution in [0.4, 0.5) is 10.5 Å². The number of benzene rings is 1. The minimum Gasteiger partial charge on any atom is -0.447 e. The van der Waals surface area contributed by atoms with E-state index < -0.39 is 0 Å². The third kappa shape index (κ3) is 2.37. The zero-order chi connectivity index (χ0) is 12.4. The van der Waals surface area contributed by atoms with Gasteiger partial charge in [0.2, 0.25) is 0 Å². The monoisotopic (exact) mass is 254 g/mol. The van der Waals surface area contributed by atoms with Gasteiger partial charge in [-0.2, -0.15) is 0 Å². The Labute approximate surface area is 105 Å². The molecule has 1 aromatic rings. The summed E-state index contributed by atoms with van der Waals surface area (Å²) in [5, 5.41) is 0.661. The zero-order valence-corrected chi connectivity index (χ0v) is 10.4. The first-order chi connectivity index (χ1) is 8.13. The summed E-state index contributed by atoms with van der Waals surface area (Å²) in [5.74, 6) is 0. The largest absolute Gasteiger partial charge is 0.447 e. The number of carbonyl (C=O) groups is 1. The third-order valence-electron chi connectivity index (χ3n) is 2.88. The van der Waals surface area contributed by atoms with E-state index in [-0.39, 0.29) is 12.1 Å². The van der Waals surface area contributed by atoms with Crippen LogP contribution < -0.4 is 10.6 Å². The highest BCUT2D eigenvalue weighted by molar-refractivity contribution is 6.30. The van der Waals surface area contributed by atoms with Crippen LogP contribution in [0.1, 0.15) is 12.0 Å². The molecule has 1 atom stereocenters. The van der Waals surface area contributed by atoms with Gasteiger partial charge in [-0.1, -0.05) is 11.6 Å². The number of nitrogens with zero attached hydrogens (tertiary/aromatic N) is 1. The van der Waals surface area contributed by atoms with Gasteiger partial charge in [0.25, 0.3) is 0 Å². The lowest BCUT2D eigenvalue weighted by molar-refractivity contribution is 0.178. The van der Waals surface area contributed by atoms with Crippen molar-refractivity contribution < 1.29 is 9.53 Å². The van der Waals surface area contributed by atoms with Gasteiger partial charge in [-0.25, -0.2) is 4.79 Å². The molecule has 92 valence electrons. The van der Waals surface area contributed by atoms with Gasteiger partial charge in [0.05, 0.1) is 11.7 Å². The van der Waals surface area contributed by atoms with Crippen LogP contribution in [0.15, 0.2) is 18.2 Å². The molecule has 1 aliphatic heterocycles. The molecule has 1 fully saturated rings. The molecule has 1 unspecified atom stereocenters. The Hall–Kier alpha value is -1.26. The van der Waals surface area contributed by atoms with Crippen LogP contribution in [0.3, 0.4) is 0 Å². The first-order valence-corrected chi connectivity index (χ1v) is 5.93. The van der Waals surface area contributed by atoms with Crippen molar-refractivity contribution in [2.24, 2.45) is 5.73 Å². The maximum absolute atomic E-state index is 11.7. The maximum atomic E-state index is 11.7. The summed E-state index contributed by atoms with van der Waals surface area (Å²) < 4.78 is 5.07. The van der Waals surface area contributed by atoms with Crippen molar-refractivity contribution in [3.63, 3.8) is 0 Å². The van der Waals surface area contributed by atoms with Gasteiger partial charge >= 0.3 is 6.09 Å². The first-order valence-electron chi connectivity index (χ1n) is 5.55. The molecule has 1 saturated heterocycles. The van der Waals surface area contributed by atoms with Crippen LogP contribution >= 0.6 is 11.6 Å². The molecule has 0 aliphatic carbocycles. The number of rotatable bonds is 3. The standard InChI is InChI=1S/C12H15ClN2O2/c1-8-6-9(13)2-3-11(8)15-10(4-5-14)7-17-12(15)16/h2-3,6,10H,4-5,7,14H2,1H3. The molecule has 1 amide bonds. The molecular weight excluding hydrogens is 240 g/mol. The number of cyclic esters (lactones) is 1. The second kappa shape index (κ2) is 4.94. The minimum atomic E-state index is -0.311. The summed E-state index contributed by atoms with van der Waals surface area (Å²) >= 11 is 5.90. The third-order valence-corrected chi connectivity index (χ3v) is 3.11. The maximum Gasteiger partial charge on any atom is 0.414 e. The Kier molecular flexibility index (Phi) is 3.54. The number of hydrogen-bond acceptors (Lipinski definition) is 3. The van der Waals surface area contributed by atoms with E-state index in [9.17, 15) is 4.79 Å². The number of anilines is 1. The summed E-state index contributed by atoms with van der Waals surface area (Å²) in [5.41, 5.74) is 7.34. The van der Waals surface area contributed by atoms with Crippen molar-refractivity contribution in [1.82, 2.24) is 0 Å². The van der Waals surface area contributed by atoms with Crippen molar-refractivity contribution in [2.75, 3.05) is 18.1 Å². The molecule has 5 heteroatoms. The fraction of sp³-hybridized carbons (Fsp3) is 0.417. The molecule has 0 bridgehead atoms. The lowest BCUT2D eigenvalue weighted by atomic mass is 10.1. The van der Waals surface area contributed by atoms with Crippen molar-refractivity contribution in [1.29, 1.82) is 0 Å². The topological polar surface area (TPSA) is 55.6 Å². The van der Waals surface area contributed by atoms with Crippen molar-refractivity contribution in [3.8, 4) is 0 Å². The molecular formula is C12H15ClN2O2. The number of hydrogen-bond donors (Lipinski definition) is 1. The number of amides is 1. The average molecular weight is 255 g/mol. The van der Waals surface area contributed by atoms with Gasteiger partial charge < -0.3 is 10.5 Å². The molecule has 2 N–H and O–H groups in total. The Morgan fingerprint density at radius 1 is 1.59 bits per heavy atom. The van der Waals surface area contributed by atoms with Crippen LogP contribution in [0.25, 0.3) is 0 Å². The lowest BCUT2D eigenvalue weighted by Crippen LogP contribution is -2.35. The Bertz CT molecular complexity index is 437. The van der Waals surface area contributed by atoms with Crippen LogP contribution in [0, 0.1) is 6.92 Å². The predicted octanol–water partition coefficient (Wildman–Crippen LogP) is 2.32. The Morgan fingerprint density at radius 3 is 3.00 bits per heavy atom. The quantitative estimate of drug-likeness (QED) is 0.901. The number of aryl methyl sites for hydroxylation is 1. The number of carbonyl (C=O) groups excluding carboxylic acids is 1. The van der Waals surface area contributed by atoms with E-state index in [1.165, 1.54) is 0 Å². The summed E-state index contributed by atoms with van der Waals surface area (Å²) in [6.07, 6.45) is 0.419. The smallest absolute Gasteiger partial charge is 0.414 e. The van der Waals surface area contributed by atoms with E-state index in [0.29, 0.717) is 18.2 Å². The van der Waals surface area contributed by atoms with E-state index in [4.69, 9.17) is 22.1 Å². The van der Waals surface area contributed by atoms with Crippen molar-refractivity contribution in [2.45, 2.75) is 19.4 Å². The fourth-order valence-electron chi connectivity index (χ4n) is 2.05. The van der Waals surface area contributed by atoms with Gasteiger partial charge in [-0.3, -0.25) is 4.90 Å². The van der Waals surface area contributed by atoms with E-state index in [0.717, 1.165) is 17.7 Å². The second-order valence-corrected chi connectivity index (χ2v) is 4.55. The molecule has 17 heavy (non-hydrogen) atoms. The van der Waals surface area contributed by atoms with Gasteiger partial charge in [-0.05, 0) is 43.7 Å².